The van der Waals surface area contributed by atoms with Crippen molar-refractivity contribution in [1.29, 1.82) is 0 Å². The third kappa shape index (κ3) is 5.29. The molecule has 0 bridgehead atoms. The van der Waals surface area contributed by atoms with Gasteiger partial charge in [-0.1, -0.05) is 62.7 Å². The van der Waals surface area contributed by atoms with Crippen molar-refractivity contribution in [3.63, 3.8) is 0 Å². The monoisotopic (exact) mass is 405 g/mol. The minimum absolute atomic E-state index is 0.0214. The molecule has 0 saturated carbocycles. The normalized spacial score (nSPS) is 11.8. The molecule has 2 aromatic carbocycles. The molecule has 3 rings (SSSR count). The molecule has 1 heterocycles. The topological polar surface area (TPSA) is 67.0 Å². The van der Waals surface area contributed by atoms with E-state index >= 15 is 0 Å². The molecule has 3 aromatic rings. The molecule has 0 spiro atoms. The highest BCUT2D eigenvalue weighted by Crippen LogP contribution is 2.26. The predicted molar refractivity (Wildman–Crippen MR) is 121 cm³/mol. The summed E-state index contributed by atoms with van der Waals surface area (Å²) in [5.74, 6) is 0.696. The van der Waals surface area contributed by atoms with Crippen molar-refractivity contribution in [3.8, 4) is 5.75 Å². The summed E-state index contributed by atoms with van der Waals surface area (Å²) < 4.78 is 5.23. The first-order chi connectivity index (χ1) is 14.7. The van der Waals surface area contributed by atoms with E-state index in [0.717, 1.165) is 60.5 Å². The molecule has 1 aromatic heterocycles. The number of benzene rings is 2. The van der Waals surface area contributed by atoms with Gasteiger partial charge in [0, 0.05) is 0 Å². The number of carbonyl (C=O) groups excluding carboxylic acids is 1. The van der Waals surface area contributed by atoms with Crippen LogP contribution in [-0.4, -0.2) is 23.2 Å². The number of aryl methyl sites for hydroxylation is 3. The molecular weight excluding hydrogens is 374 g/mol. The molecule has 0 radical (unpaired) electrons. The Morgan fingerprint density at radius 2 is 1.77 bits per heavy atom. The molecule has 5 heteroatoms. The zero-order valence-electron chi connectivity index (χ0n) is 18.1. The maximum atomic E-state index is 13.1. The highest BCUT2D eigenvalue weighted by molar-refractivity contribution is 5.96. The molecule has 0 fully saturated rings. The van der Waals surface area contributed by atoms with Gasteiger partial charge in [0.25, 0.3) is 0 Å². The lowest BCUT2D eigenvalue weighted by molar-refractivity contribution is -0.117. The summed E-state index contributed by atoms with van der Waals surface area (Å²) in [5, 5.41) is 10.9. The van der Waals surface area contributed by atoms with Crippen molar-refractivity contribution in [3.05, 3.63) is 77.1 Å². The van der Waals surface area contributed by atoms with Gasteiger partial charge in [0.2, 0.25) is 5.91 Å². The predicted octanol–water partition coefficient (Wildman–Crippen LogP) is 5.29. The van der Waals surface area contributed by atoms with Gasteiger partial charge in [-0.15, -0.1) is 0 Å². The van der Waals surface area contributed by atoms with Gasteiger partial charge in [-0.3, -0.25) is 9.89 Å². The molecule has 0 aliphatic carbocycles. The Kier molecular flexibility index (Phi) is 7.66. The van der Waals surface area contributed by atoms with E-state index in [-0.39, 0.29) is 11.8 Å². The molecule has 158 valence electrons. The van der Waals surface area contributed by atoms with Gasteiger partial charge in [0.1, 0.15) is 5.75 Å². The SMILES string of the molecule is CCCc1[nH]nc(CCc2ccc(OC)cc2)c1NC(=O)[C@H](CC)c1ccccc1. The van der Waals surface area contributed by atoms with Crippen LogP contribution in [0.5, 0.6) is 5.75 Å². The molecule has 30 heavy (non-hydrogen) atoms. The summed E-state index contributed by atoms with van der Waals surface area (Å²) in [6.45, 7) is 4.17. The number of rotatable bonds is 10. The Labute approximate surface area is 178 Å². The van der Waals surface area contributed by atoms with Crippen LogP contribution in [0.2, 0.25) is 0 Å². The number of nitrogens with one attached hydrogen (secondary N) is 2. The second kappa shape index (κ2) is 10.6. The average molecular weight is 406 g/mol. The number of methoxy groups -OCH3 is 1. The quantitative estimate of drug-likeness (QED) is 0.482. The minimum atomic E-state index is -0.176. The van der Waals surface area contributed by atoms with Gasteiger partial charge in [0.15, 0.2) is 0 Å². The third-order valence-corrected chi connectivity index (χ3v) is 5.40. The summed E-state index contributed by atoms with van der Waals surface area (Å²) in [7, 11) is 1.67. The van der Waals surface area contributed by atoms with Crippen molar-refractivity contribution >= 4 is 11.6 Å². The van der Waals surface area contributed by atoms with E-state index in [1.165, 1.54) is 5.56 Å². The van der Waals surface area contributed by atoms with E-state index in [9.17, 15) is 4.79 Å². The van der Waals surface area contributed by atoms with Crippen LogP contribution in [0.15, 0.2) is 54.6 Å². The van der Waals surface area contributed by atoms with Crippen molar-refractivity contribution in [1.82, 2.24) is 10.2 Å². The molecule has 1 atom stereocenters. The number of anilines is 1. The lowest BCUT2D eigenvalue weighted by atomic mass is 9.95. The van der Waals surface area contributed by atoms with Crippen molar-refractivity contribution < 1.29 is 9.53 Å². The summed E-state index contributed by atoms with van der Waals surface area (Å²) in [6, 6.07) is 18.0. The van der Waals surface area contributed by atoms with Crippen LogP contribution in [0.3, 0.4) is 0 Å². The number of amides is 1. The van der Waals surface area contributed by atoms with E-state index in [4.69, 9.17) is 4.74 Å². The van der Waals surface area contributed by atoms with E-state index in [0.29, 0.717) is 0 Å². The Balaban J connectivity index is 1.76. The summed E-state index contributed by atoms with van der Waals surface area (Å²) in [4.78, 5) is 13.1. The van der Waals surface area contributed by atoms with Gasteiger partial charge in [-0.25, -0.2) is 0 Å². The Morgan fingerprint density at radius 1 is 1.03 bits per heavy atom. The number of hydrogen-bond donors (Lipinski definition) is 2. The van der Waals surface area contributed by atoms with Crippen molar-refractivity contribution in [2.24, 2.45) is 0 Å². The van der Waals surface area contributed by atoms with E-state index in [2.05, 4.69) is 34.6 Å². The summed E-state index contributed by atoms with van der Waals surface area (Å²) in [5.41, 5.74) is 5.01. The molecule has 0 unspecified atom stereocenters. The molecular formula is C25H31N3O2. The largest absolute Gasteiger partial charge is 0.497 e. The fourth-order valence-electron chi connectivity index (χ4n) is 3.70. The smallest absolute Gasteiger partial charge is 0.232 e. The molecule has 0 aliphatic heterocycles. The number of aromatic nitrogens is 2. The second-order valence-corrected chi connectivity index (χ2v) is 7.48. The van der Waals surface area contributed by atoms with Crippen molar-refractivity contribution in [2.45, 2.75) is 51.9 Å². The van der Waals surface area contributed by atoms with Crippen LogP contribution in [0, 0.1) is 0 Å². The Hall–Kier alpha value is -3.08. The molecule has 1 amide bonds. The number of H-pyrrole nitrogens is 1. The third-order valence-electron chi connectivity index (χ3n) is 5.40. The van der Waals surface area contributed by atoms with Gasteiger partial charge in [-0.2, -0.15) is 5.10 Å². The minimum Gasteiger partial charge on any atom is -0.497 e. The van der Waals surface area contributed by atoms with Crippen molar-refractivity contribution in [2.75, 3.05) is 12.4 Å². The lowest BCUT2D eigenvalue weighted by Gasteiger charge is -2.16. The number of nitrogens with zero attached hydrogens (tertiary/aromatic N) is 1. The molecule has 0 aliphatic rings. The molecule has 5 nitrogen and oxygen atoms in total. The number of aromatic amines is 1. The zero-order valence-corrected chi connectivity index (χ0v) is 18.1. The highest BCUT2D eigenvalue weighted by atomic mass is 16.5. The van der Waals surface area contributed by atoms with E-state index in [1.54, 1.807) is 7.11 Å². The first-order valence-electron chi connectivity index (χ1n) is 10.7. The molecule has 2 N–H and O–H groups in total. The Morgan fingerprint density at radius 3 is 2.40 bits per heavy atom. The Bertz CT molecular complexity index is 933. The van der Waals surface area contributed by atoms with Crippen LogP contribution in [-0.2, 0) is 24.1 Å². The zero-order chi connectivity index (χ0) is 21.3. The number of hydrogen-bond acceptors (Lipinski definition) is 3. The number of ether oxygens (including phenoxy) is 1. The van der Waals surface area contributed by atoms with Gasteiger partial charge < -0.3 is 10.1 Å². The maximum absolute atomic E-state index is 13.1. The maximum Gasteiger partial charge on any atom is 0.232 e. The first-order valence-corrected chi connectivity index (χ1v) is 10.7. The lowest BCUT2D eigenvalue weighted by Crippen LogP contribution is -2.22. The average Bonchev–Trinajstić information content (AvgIpc) is 3.15. The van der Waals surface area contributed by atoms with Crippen LogP contribution in [0.25, 0.3) is 0 Å². The van der Waals surface area contributed by atoms with Crippen LogP contribution < -0.4 is 10.1 Å². The van der Waals surface area contributed by atoms with Crippen LogP contribution >= 0.6 is 0 Å². The standard InChI is InChI=1S/C25H31N3O2/c1-4-9-22-24(26-25(29)21(5-2)19-10-7-6-8-11-19)23(28-27-22)17-14-18-12-15-20(30-3)16-13-18/h6-8,10-13,15-16,21H,4-5,9,14,17H2,1-3H3,(H,26,29)(H,27,28)/t21-/m1/s1. The van der Waals surface area contributed by atoms with E-state index in [1.807, 2.05) is 49.4 Å². The van der Waals surface area contributed by atoms with Gasteiger partial charge in [-0.05, 0) is 48.9 Å². The first kappa shape index (κ1) is 21.6. The van der Waals surface area contributed by atoms with Crippen LogP contribution in [0.1, 0.15) is 55.1 Å². The summed E-state index contributed by atoms with van der Waals surface area (Å²) in [6.07, 6.45) is 4.19. The fourth-order valence-corrected chi connectivity index (χ4v) is 3.70. The summed E-state index contributed by atoms with van der Waals surface area (Å²) >= 11 is 0. The number of carbonyl (C=O) groups is 1. The highest BCUT2D eigenvalue weighted by Gasteiger charge is 2.22. The second-order valence-electron chi connectivity index (χ2n) is 7.48. The van der Waals surface area contributed by atoms with Crippen LogP contribution in [0.4, 0.5) is 5.69 Å². The van der Waals surface area contributed by atoms with Gasteiger partial charge in [0.05, 0.1) is 30.1 Å². The van der Waals surface area contributed by atoms with E-state index < -0.39 is 0 Å². The fraction of sp³-hybridized carbons (Fsp3) is 0.360. The van der Waals surface area contributed by atoms with Gasteiger partial charge >= 0.3 is 0 Å². The molecule has 0 saturated heterocycles.